The van der Waals surface area contributed by atoms with Crippen molar-refractivity contribution in [3.63, 3.8) is 0 Å². The topological polar surface area (TPSA) is 29.5 Å². The largest absolute Gasteiger partial charge is 0.396 e. The van der Waals surface area contributed by atoms with Crippen LogP contribution in [0, 0.1) is 5.41 Å². The molecule has 0 aromatic carbocycles. The summed E-state index contributed by atoms with van der Waals surface area (Å²) in [7, 11) is 0. The van der Waals surface area contributed by atoms with Crippen LogP contribution in [0.2, 0.25) is 0 Å². The molecule has 0 spiro atoms. The van der Waals surface area contributed by atoms with Crippen molar-refractivity contribution in [3.05, 3.63) is 0 Å². The summed E-state index contributed by atoms with van der Waals surface area (Å²) in [5.74, 6) is 0. The van der Waals surface area contributed by atoms with Gasteiger partial charge in [-0.3, -0.25) is 0 Å². The molecule has 1 aliphatic rings. The lowest BCUT2D eigenvalue weighted by atomic mass is 9.76. The van der Waals surface area contributed by atoms with Crippen LogP contribution < -0.4 is 0 Å². The Balaban J connectivity index is 2.54. The van der Waals surface area contributed by atoms with E-state index in [1.54, 1.807) is 0 Å². The number of unbranched alkanes of at least 4 members (excludes halogenated alkanes) is 1. The third kappa shape index (κ3) is 4.26. The molecule has 2 unspecified atom stereocenters. The average molecular weight is 242 g/mol. The number of aliphatic hydroxyl groups excluding tert-OH is 1. The van der Waals surface area contributed by atoms with Gasteiger partial charge in [-0.15, -0.1) is 0 Å². The van der Waals surface area contributed by atoms with Crippen molar-refractivity contribution in [3.8, 4) is 0 Å². The molecule has 0 aromatic heterocycles. The molecule has 0 aromatic rings. The van der Waals surface area contributed by atoms with Crippen LogP contribution in [0.5, 0.6) is 0 Å². The van der Waals surface area contributed by atoms with Crippen LogP contribution in [-0.4, -0.2) is 23.4 Å². The Morgan fingerprint density at radius 3 is 2.47 bits per heavy atom. The molecule has 2 nitrogen and oxygen atoms in total. The summed E-state index contributed by atoms with van der Waals surface area (Å²) in [4.78, 5) is 0. The molecular weight excluding hydrogens is 212 g/mol. The Labute approximate surface area is 107 Å². The first-order chi connectivity index (χ1) is 7.97. The maximum Gasteiger partial charge on any atom is 0.0631 e. The molecule has 2 heteroatoms. The summed E-state index contributed by atoms with van der Waals surface area (Å²) >= 11 is 0. The van der Waals surface area contributed by atoms with Crippen LogP contribution in [0.3, 0.4) is 0 Å². The fourth-order valence-corrected chi connectivity index (χ4v) is 2.93. The second-order valence-electron chi connectivity index (χ2n) is 6.36. The fraction of sp³-hybridized carbons (Fsp3) is 1.00. The van der Waals surface area contributed by atoms with E-state index < -0.39 is 0 Å². The molecule has 1 N–H and O–H groups in total. The lowest BCUT2D eigenvalue weighted by molar-refractivity contribution is -0.0469. The molecule has 0 radical (unpaired) electrons. The van der Waals surface area contributed by atoms with Crippen LogP contribution in [0.4, 0.5) is 0 Å². The summed E-state index contributed by atoms with van der Waals surface area (Å²) in [5.41, 5.74) is 0.144. The van der Waals surface area contributed by atoms with E-state index >= 15 is 0 Å². The van der Waals surface area contributed by atoms with E-state index in [2.05, 4.69) is 27.7 Å². The predicted octanol–water partition coefficient (Wildman–Crippen LogP) is 3.91. The van der Waals surface area contributed by atoms with Crippen molar-refractivity contribution in [2.24, 2.45) is 5.41 Å². The van der Waals surface area contributed by atoms with E-state index in [4.69, 9.17) is 4.74 Å². The quantitative estimate of drug-likeness (QED) is 0.733. The summed E-state index contributed by atoms with van der Waals surface area (Å²) in [6.07, 6.45) is 8.30. The van der Waals surface area contributed by atoms with Crippen molar-refractivity contribution in [2.45, 2.75) is 84.3 Å². The monoisotopic (exact) mass is 242 g/mol. The van der Waals surface area contributed by atoms with Crippen LogP contribution >= 0.6 is 0 Å². The van der Waals surface area contributed by atoms with E-state index in [9.17, 15) is 5.11 Å². The van der Waals surface area contributed by atoms with E-state index in [1.165, 1.54) is 12.8 Å². The second kappa shape index (κ2) is 6.19. The van der Waals surface area contributed by atoms with E-state index in [0.29, 0.717) is 12.7 Å². The molecule has 1 saturated heterocycles. The van der Waals surface area contributed by atoms with Crippen molar-refractivity contribution >= 4 is 0 Å². The van der Waals surface area contributed by atoms with E-state index in [-0.39, 0.29) is 11.0 Å². The average Bonchev–Trinajstić information content (AvgIpc) is 2.64. The maximum atomic E-state index is 9.74. The van der Waals surface area contributed by atoms with Gasteiger partial charge in [0.05, 0.1) is 11.7 Å². The fourth-order valence-electron chi connectivity index (χ4n) is 2.93. The van der Waals surface area contributed by atoms with Crippen LogP contribution in [0.1, 0.15) is 72.6 Å². The normalized spacial score (nSPS) is 27.0. The molecular formula is C15H30O2. The molecule has 1 heterocycles. The molecule has 0 aliphatic carbocycles. The molecule has 0 saturated carbocycles. The minimum atomic E-state index is 0.0460. The van der Waals surface area contributed by atoms with Gasteiger partial charge >= 0.3 is 0 Å². The van der Waals surface area contributed by atoms with Crippen LogP contribution in [0.25, 0.3) is 0 Å². The number of rotatable bonds is 7. The Morgan fingerprint density at radius 1 is 1.35 bits per heavy atom. The predicted molar refractivity (Wildman–Crippen MR) is 72.1 cm³/mol. The highest BCUT2D eigenvalue weighted by atomic mass is 16.5. The molecule has 0 amide bonds. The van der Waals surface area contributed by atoms with Gasteiger partial charge in [0.25, 0.3) is 0 Å². The third-order valence-electron chi connectivity index (χ3n) is 4.36. The highest BCUT2D eigenvalue weighted by Crippen LogP contribution is 2.40. The van der Waals surface area contributed by atoms with Crippen molar-refractivity contribution in [1.82, 2.24) is 0 Å². The zero-order chi connectivity index (χ0) is 12.9. The van der Waals surface area contributed by atoms with Crippen molar-refractivity contribution in [2.75, 3.05) is 6.61 Å². The second-order valence-corrected chi connectivity index (χ2v) is 6.36. The molecule has 17 heavy (non-hydrogen) atoms. The van der Waals surface area contributed by atoms with Crippen LogP contribution in [0.15, 0.2) is 0 Å². The lowest BCUT2D eigenvalue weighted by Crippen LogP contribution is -2.31. The molecule has 0 bridgehead atoms. The van der Waals surface area contributed by atoms with Gasteiger partial charge in [-0.2, -0.15) is 0 Å². The highest BCUT2D eigenvalue weighted by Gasteiger charge is 2.37. The van der Waals surface area contributed by atoms with Gasteiger partial charge in [0.2, 0.25) is 0 Å². The Kier molecular flexibility index (Phi) is 5.46. The summed E-state index contributed by atoms with van der Waals surface area (Å²) < 4.78 is 6.08. The first kappa shape index (κ1) is 15.0. The standard InChI is InChI=1S/C15H30O2/c1-5-7-9-15(6-2,12-16)11-13-8-10-14(3,4)17-13/h13,16H,5-12H2,1-4H3. The van der Waals surface area contributed by atoms with Gasteiger partial charge in [-0.1, -0.05) is 26.7 Å². The first-order valence-corrected chi connectivity index (χ1v) is 7.25. The maximum absolute atomic E-state index is 9.74. The Morgan fingerprint density at radius 2 is 2.06 bits per heavy atom. The van der Waals surface area contributed by atoms with E-state index in [0.717, 1.165) is 32.1 Å². The summed E-state index contributed by atoms with van der Waals surface area (Å²) in [6, 6.07) is 0. The number of ether oxygens (including phenoxy) is 1. The van der Waals surface area contributed by atoms with Crippen LogP contribution in [-0.2, 0) is 4.74 Å². The number of hydrogen-bond donors (Lipinski definition) is 1. The zero-order valence-corrected chi connectivity index (χ0v) is 12.1. The Hall–Kier alpha value is -0.0800. The SMILES string of the molecule is CCCCC(CC)(CO)CC1CCC(C)(C)O1. The van der Waals surface area contributed by atoms with Gasteiger partial charge in [0, 0.05) is 6.61 Å². The minimum Gasteiger partial charge on any atom is -0.396 e. The summed E-state index contributed by atoms with van der Waals surface area (Å²) in [6.45, 7) is 9.07. The van der Waals surface area contributed by atoms with Gasteiger partial charge in [0.1, 0.15) is 0 Å². The van der Waals surface area contributed by atoms with Gasteiger partial charge in [0.15, 0.2) is 0 Å². The molecule has 2 atom stereocenters. The number of hydrogen-bond acceptors (Lipinski definition) is 2. The van der Waals surface area contributed by atoms with Gasteiger partial charge in [-0.05, 0) is 51.4 Å². The first-order valence-electron chi connectivity index (χ1n) is 7.25. The molecule has 1 rings (SSSR count). The molecule has 1 aliphatic heterocycles. The highest BCUT2D eigenvalue weighted by molar-refractivity contribution is 4.87. The summed E-state index contributed by atoms with van der Waals surface area (Å²) in [5, 5.41) is 9.74. The molecule has 1 fully saturated rings. The van der Waals surface area contributed by atoms with Crippen molar-refractivity contribution < 1.29 is 9.84 Å². The smallest absolute Gasteiger partial charge is 0.0631 e. The zero-order valence-electron chi connectivity index (χ0n) is 12.1. The van der Waals surface area contributed by atoms with Gasteiger partial charge < -0.3 is 9.84 Å². The minimum absolute atomic E-state index is 0.0460. The lowest BCUT2D eigenvalue weighted by Gasteiger charge is -2.34. The Bertz CT molecular complexity index is 219. The number of aliphatic hydroxyl groups is 1. The van der Waals surface area contributed by atoms with E-state index in [1.807, 2.05) is 0 Å². The molecule has 102 valence electrons. The van der Waals surface area contributed by atoms with Gasteiger partial charge in [-0.25, -0.2) is 0 Å². The third-order valence-corrected chi connectivity index (χ3v) is 4.36. The van der Waals surface area contributed by atoms with Crippen molar-refractivity contribution in [1.29, 1.82) is 0 Å².